The quantitative estimate of drug-likeness (QED) is 0.709. The van der Waals surface area contributed by atoms with Crippen molar-refractivity contribution in [3.8, 4) is 0 Å². The van der Waals surface area contributed by atoms with Crippen molar-refractivity contribution >= 4 is 28.1 Å². The van der Waals surface area contributed by atoms with Gasteiger partial charge < -0.3 is 4.90 Å². The van der Waals surface area contributed by atoms with E-state index < -0.39 is 0 Å². The molecule has 1 saturated heterocycles. The van der Waals surface area contributed by atoms with Crippen molar-refractivity contribution in [2.45, 2.75) is 24.0 Å². The van der Waals surface area contributed by atoms with Gasteiger partial charge in [0, 0.05) is 13.1 Å². The van der Waals surface area contributed by atoms with Crippen LogP contribution in [0.5, 0.6) is 0 Å². The molecule has 3 heteroatoms. The Kier molecular flexibility index (Phi) is 3.39. The Morgan fingerprint density at radius 1 is 1.36 bits per heavy atom. The summed E-state index contributed by atoms with van der Waals surface area (Å²) in [5.74, 6) is 0.922. The first-order valence-electron chi connectivity index (χ1n) is 5.18. The van der Waals surface area contributed by atoms with Gasteiger partial charge >= 0.3 is 0 Å². The summed E-state index contributed by atoms with van der Waals surface area (Å²) in [6.45, 7) is 4.85. The standard InChI is InChI=1S/C11H17NS2/c1-9-5-7-12(8-6-9)10-3-4-11(13-2)14-10/h3-4,9H,5-8H2,1-2H3. The molecule has 1 aromatic rings. The SMILES string of the molecule is CSc1ccc(N2CCC(C)CC2)s1. The molecule has 0 aromatic carbocycles. The second-order valence-corrected chi connectivity index (χ2v) is 6.14. The molecule has 1 aliphatic rings. The molecule has 0 spiro atoms. The maximum Gasteiger partial charge on any atom is 0.0920 e. The fraction of sp³-hybridized carbons (Fsp3) is 0.636. The van der Waals surface area contributed by atoms with Crippen LogP contribution in [0.15, 0.2) is 16.3 Å². The van der Waals surface area contributed by atoms with E-state index in [1.165, 1.54) is 35.1 Å². The van der Waals surface area contributed by atoms with E-state index in [-0.39, 0.29) is 0 Å². The summed E-state index contributed by atoms with van der Waals surface area (Å²) < 4.78 is 1.43. The molecule has 0 amide bonds. The Labute approximate surface area is 94.5 Å². The van der Waals surface area contributed by atoms with Gasteiger partial charge in [0.25, 0.3) is 0 Å². The predicted octanol–water partition coefficient (Wildman–Crippen LogP) is 3.71. The molecule has 1 fully saturated rings. The lowest BCUT2D eigenvalue weighted by molar-refractivity contribution is 0.440. The number of rotatable bonds is 2. The van der Waals surface area contributed by atoms with Crippen molar-refractivity contribution in [3.05, 3.63) is 12.1 Å². The summed E-state index contributed by atoms with van der Waals surface area (Å²) in [4.78, 5) is 2.53. The van der Waals surface area contributed by atoms with Crippen molar-refractivity contribution < 1.29 is 0 Å². The summed E-state index contributed by atoms with van der Waals surface area (Å²) in [5.41, 5.74) is 0. The Bertz CT molecular complexity index is 287. The molecule has 0 radical (unpaired) electrons. The molecule has 1 aliphatic heterocycles. The van der Waals surface area contributed by atoms with Crippen molar-refractivity contribution in [1.82, 2.24) is 0 Å². The van der Waals surface area contributed by atoms with Gasteiger partial charge in [0.15, 0.2) is 0 Å². The molecule has 0 atom stereocenters. The molecular weight excluding hydrogens is 210 g/mol. The summed E-state index contributed by atoms with van der Waals surface area (Å²) in [5, 5.41) is 1.46. The lowest BCUT2D eigenvalue weighted by Crippen LogP contribution is -2.31. The minimum Gasteiger partial charge on any atom is -0.363 e. The average Bonchev–Trinajstić information content (AvgIpc) is 2.67. The zero-order valence-electron chi connectivity index (χ0n) is 8.82. The number of piperidine rings is 1. The predicted molar refractivity (Wildman–Crippen MR) is 66.7 cm³/mol. The van der Waals surface area contributed by atoms with Crippen molar-refractivity contribution in [1.29, 1.82) is 0 Å². The molecule has 0 unspecified atom stereocenters. The van der Waals surface area contributed by atoms with Gasteiger partial charge in [-0.25, -0.2) is 0 Å². The normalized spacial score (nSPS) is 18.9. The van der Waals surface area contributed by atoms with E-state index in [9.17, 15) is 0 Å². The van der Waals surface area contributed by atoms with Crippen molar-refractivity contribution in [2.75, 3.05) is 24.2 Å². The zero-order chi connectivity index (χ0) is 9.97. The maximum absolute atomic E-state index is 2.53. The third-order valence-corrected chi connectivity index (χ3v) is 5.09. The highest BCUT2D eigenvalue weighted by molar-refractivity contribution is 8.00. The van der Waals surface area contributed by atoms with Crippen LogP contribution in [-0.4, -0.2) is 19.3 Å². The third kappa shape index (κ3) is 2.26. The van der Waals surface area contributed by atoms with Crippen LogP contribution in [0.25, 0.3) is 0 Å². The highest BCUT2D eigenvalue weighted by atomic mass is 32.2. The van der Waals surface area contributed by atoms with Gasteiger partial charge in [0.2, 0.25) is 0 Å². The van der Waals surface area contributed by atoms with Gasteiger partial charge in [-0.1, -0.05) is 6.92 Å². The second kappa shape index (κ2) is 4.58. The van der Waals surface area contributed by atoms with E-state index in [2.05, 4.69) is 30.2 Å². The van der Waals surface area contributed by atoms with Crippen LogP contribution < -0.4 is 4.90 Å². The molecule has 0 saturated carbocycles. The zero-order valence-corrected chi connectivity index (χ0v) is 10.5. The number of hydrogen-bond donors (Lipinski definition) is 0. The maximum atomic E-state index is 2.53. The van der Waals surface area contributed by atoms with Gasteiger partial charge in [-0.05, 0) is 37.1 Å². The van der Waals surface area contributed by atoms with Gasteiger partial charge in [0.05, 0.1) is 9.21 Å². The molecule has 1 nitrogen and oxygen atoms in total. The Morgan fingerprint density at radius 2 is 2.07 bits per heavy atom. The first-order valence-corrected chi connectivity index (χ1v) is 7.22. The van der Waals surface area contributed by atoms with Crippen LogP contribution in [0.1, 0.15) is 19.8 Å². The summed E-state index contributed by atoms with van der Waals surface area (Å²) >= 11 is 3.78. The lowest BCUT2D eigenvalue weighted by atomic mass is 10.00. The van der Waals surface area contributed by atoms with Crippen LogP contribution in [0.3, 0.4) is 0 Å². The lowest BCUT2D eigenvalue weighted by Gasteiger charge is -2.30. The van der Waals surface area contributed by atoms with Gasteiger partial charge in [-0.15, -0.1) is 23.1 Å². The number of nitrogens with zero attached hydrogens (tertiary/aromatic N) is 1. The van der Waals surface area contributed by atoms with Crippen molar-refractivity contribution in [3.63, 3.8) is 0 Å². The molecule has 1 aromatic heterocycles. The number of thioether (sulfide) groups is 1. The first kappa shape index (κ1) is 10.4. The summed E-state index contributed by atoms with van der Waals surface area (Å²) in [6, 6.07) is 4.51. The smallest absolute Gasteiger partial charge is 0.0920 e. The monoisotopic (exact) mass is 227 g/mol. The Hall–Kier alpha value is -0.150. The fourth-order valence-corrected chi connectivity index (χ4v) is 3.40. The molecule has 14 heavy (non-hydrogen) atoms. The van der Waals surface area contributed by atoms with Crippen LogP contribution in [0.4, 0.5) is 5.00 Å². The number of hydrogen-bond acceptors (Lipinski definition) is 3. The highest BCUT2D eigenvalue weighted by Gasteiger charge is 2.16. The van der Waals surface area contributed by atoms with E-state index in [0.717, 1.165) is 5.92 Å². The number of thiophene rings is 1. The minimum atomic E-state index is 0.922. The van der Waals surface area contributed by atoms with E-state index >= 15 is 0 Å². The molecule has 2 rings (SSSR count). The van der Waals surface area contributed by atoms with Gasteiger partial charge in [-0.3, -0.25) is 0 Å². The van der Waals surface area contributed by atoms with E-state index in [0.29, 0.717) is 0 Å². The highest BCUT2D eigenvalue weighted by Crippen LogP contribution is 2.33. The van der Waals surface area contributed by atoms with E-state index in [1.54, 1.807) is 0 Å². The molecule has 0 aliphatic carbocycles. The van der Waals surface area contributed by atoms with Gasteiger partial charge in [0.1, 0.15) is 0 Å². The summed E-state index contributed by atoms with van der Waals surface area (Å²) in [6.07, 6.45) is 4.85. The molecule has 2 heterocycles. The minimum absolute atomic E-state index is 0.922. The van der Waals surface area contributed by atoms with Crippen LogP contribution in [0, 0.1) is 5.92 Å². The van der Waals surface area contributed by atoms with Crippen LogP contribution in [0.2, 0.25) is 0 Å². The third-order valence-electron chi connectivity index (χ3n) is 2.86. The molecular formula is C11H17NS2. The second-order valence-electron chi connectivity index (χ2n) is 3.97. The average molecular weight is 227 g/mol. The first-order chi connectivity index (χ1) is 6.79. The summed E-state index contributed by atoms with van der Waals surface area (Å²) in [7, 11) is 0. The Morgan fingerprint density at radius 3 is 2.64 bits per heavy atom. The molecule has 0 N–H and O–H groups in total. The molecule has 78 valence electrons. The van der Waals surface area contributed by atoms with Crippen molar-refractivity contribution in [2.24, 2.45) is 5.92 Å². The topological polar surface area (TPSA) is 3.24 Å². The van der Waals surface area contributed by atoms with Crippen LogP contribution >= 0.6 is 23.1 Å². The largest absolute Gasteiger partial charge is 0.363 e. The number of anilines is 1. The van der Waals surface area contributed by atoms with E-state index in [1.807, 2.05) is 23.1 Å². The molecule has 0 bridgehead atoms. The van der Waals surface area contributed by atoms with E-state index in [4.69, 9.17) is 0 Å². The van der Waals surface area contributed by atoms with Crippen LogP contribution in [-0.2, 0) is 0 Å². The Balaban J connectivity index is 2.01. The van der Waals surface area contributed by atoms with Gasteiger partial charge in [-0.2, -0.15) is 0 Å². The fourth-order valence-electron chi connectivity index (χ4n) is 1.82.